The van der Waals surface area contributed by atoms with Crippen molar-refractivity contribution in [2.75, 3.05) is 6.61 Å². The van der Waals surface area contributed by atoms with Gasteiger partial charge in [0.15, 0.2) is 0 Å². The maximum absolute atomic E-state index is 9.69. The zero-order valence-corrected chi connectivity index (χ0v) is 12.0. The van der Waals surface area contributed by atoms with Gasteiger partial charge in [-0.2, -0.15) is 0 Å². The minimum atomic E-state index is -1.62. The Balaban J connectivity index is 4.61. The average molecular weight is 277 g/mol. The van der Waals surface area contributed by atoms with E-state index in [1.54, 1.807) is 0 Å². The van der Waals surface area contributed by atoms with Crippen molar-refractivity contribution >= 4 is 6.21 Å². The van der Waals surface area contributed by atoms with Crippen LogP contribution in [0.3, 0.4) is 0 Å². The molecule has 0 saturated heterocycles. The molecule has 0 saturated carbocycles. The van der Waals surface area contributed by atoms with Gasteiger partial charge in [0, 0.05) is 6.21 Å². The van der Waals surface area contributed by atoms with E-state index in [0.29, 0.717) is 0 Å². The summed E-state index contributed by atoms with van der Waals surface area (Å²) in [5, 5.41) is 46.6. The Bertz CT molecular complexity index is 262. The van der Waals surface area contributed by atoms with E-state index in [1.165, 1.54) is 6.21 Å². The highest BCUT2D eigenvalue weighted by molar-refractivity contribution is 5.64. The SMILES string of the molecule is CC(C)C(N=C[C@H](O)[C@@H](O)[C@H](O)[C@H](O)CO)C(C)C. The predicted octanol–water partition coefficient (Wildman–Crippen LogP) is -0.826. The standard InChI is InChI=1S/C13H27NO5/c1-7(2)11(8(3)4)14-5-9(16)12(18)13(19)10(17)6-15/h5,7-13,15-19H,6H2,1-4H3/t9-,10+,12+,13+/m0/s1. The maximum atomic E-state index is 9.69. The summed E-state index contributed by atoms with van der Waals surface area (Å²) < 4.78 is 0. The number of hydrogen-bond acceptors (Lipinski definition) is 6. The number of hydrogen-bond donors (Lipinski definition) is 5. The van der Waals surface area contributed by atoms with Crippen molar-refractivity contribution in [3.63, 3.8) is 0 Å². The molecule has 19 heavy (non-hydrogen) atoms. The van der Waals surface area contributed by atoms with Gasteiger partial charge < -0.3 is 25.5 Å². The van der Waals surface area contributed by atoms with Crippen molar-refractivity contribution < 1.29 is 25.5 Å². The van der Waals surface area contributed by atoms with Crippen LogP contribution >= 0.6 is 0 Å². The van der Waals surface area contributed by atoms with E-state index in [4.69, 9.17) is 5.11 Å². The van der Waals surface area contributed by atoms with Crippen molar-refractivity contribution in [3.8, 4) is 0 Å². The molecule has 5 N–H and O–H groups in total. The minimum absolute atomic E-state index is 0.00163. The Hall–Kier alpha value is -0.530. The fraction of sp³-hybridized carbons (Fsp3) is 0.923. The maximum Gasteiger partial charge on any atom is 0.117 e. The van der Waals surface area contributed by atoms with Gasteiger partial charge in [-0.1, -0.05) is 27.7 Å². The van der Waals surface area contributed by atoms with E-state index in [2.05, 4.69) is 4.99 Å². The molecule has 0 aromatic heterocycles. The summed E-state index contributed by atoms with van der Waals surface area (Å²) in [5.41, 5.74) is 0. The largest absolute Gasteiger partial charge is 0.394 e. The second-order valence-corrected chi connectivity index (χ2v) is 5.50. The Morgan fingerprint density at radius 2 is 1.37 bits per heavy atom. The first-order chi connectivity index (χ1) is 8.72. The van der Waals surface area contributed by atoms with Crippen molar-refractivity contribution in [3.05, 3.63) is 0 Å². The monoisotopic (exact) mass is 277 g/mol. The lowest BCUT2D eigenvalue weighted by Gasteiger charge is -2.25. The summed E-state index contributed by atoms with van der Waals surface area (Å²) in [6.07, 6.45) is -4.92. The summed E-state index contributed by atoms with van der Waals surface area (Å²) >= 11 is 0. The average Bonchev–Trinajstić information content (AvgIpc) is 2.34. The predicted molar refractivity (Wildman–Crippen MR) is 73.1 cm³/mol. The van der Waals surface area contributed by atoms with E-state index in [1.807, 2.05) is 27.7 Å². The fourth-order valence-corrected chi connectivity index (χ4v) is 1.93. The van der Waals surface area contributed by atoms with Crippen LogP contribution < -0.4 is 0 Å². The van der Waals surface area contributed by atoms with Gasteiger partial charge in [0.25, 0.3) is 0 Å². The quantitative estimate of drug-likeness (QED) is 0.372. The summed E-state index contributed by atoms with van der Waals surface area (Å²) in [6, 6.07) is 0.00163. The van der Waals surface area contributed by atoms with Crippen LogP contribution in [-0.2, 0) is 0 Å². The van der Waals surface area contributed by atoms with E-state index >= 15 is 0 Å². The topological polar surface area (TPSA) is 114 Å². The van der Waals surface area contributed by atoms with Crippen LogP contribution in [-0.4, -0.2) is 68.8 Å². The first kappa shape index (κ1) is 18.5. The molecule has 0 amide bonds. The van der Waals surface area contributed by atoms with Gasteiger partial charge in [-0.05, 0) is 11.8 Å². The zero-order chi connectivity index (χ0) is 15.2. The van der Waals surface area contributed by atoms with Crippen LogP contribution in [0, 0.1) is 11.8 Å². The van der Waals surface area contributed by atoms with Crippen LogP contribution in [0.15, 0.2) is 4.99 Å². The number of aliphatic hydroxyl groups is 5. The second-order valence-electron chi connectivity index (χ2n) is 5.50. The van der Waals surface area contributed by atoms with Crippen LogP contribution in [0.2, 0.25) is 0 Å². The Morgan fingerprint density at radius 3 is 1.74 bits per heavy atom. The molecule has 6 heteroatoms. The van der Waals surface area contributed by atoms with Crippen LogP contribution in [0.4, 0.5) is 0 Å². The zero-order valence-electron chi connectivity index (χ0n) is 12.0. The Kier molecular flexibility index (Phi) is 8.36. The first-order valence-corrected chi connectivity index (χ1v) is 6.58. The number of nitrogens with zero attached hydrogens (tertiary/aromatic N) is 1. The smallest absolute Gasteiger partial charge is 0.117 e. The minimum Gasteiger partial charge on any atom is -0.394 e. The molecule has 0 aliphatic rings. The van der Waals surface area contributed by atoms with E-state index in [0.717, 1.165) is 0 Å². The highest BCUT2D eigenvalue weighted by Crippen LogP contribution is 2.16. The summed E-state index contributed by atoms with van der Waals surface area (Å²) in [6.45, 7) is 7.34. The lowest BCUT2D eigenvalue weighted by Crippen LogP contribution is -2.46. The highest BCUT2D eigenvalue weighted by atomic mass is 16.4. The van der Waals surface area contributed by atoms with E-state index in [-0.39, 0.29) is 17.9 Å². The fourth-order valence-electron chi connectivity index (χ4n) is 1.93. The lowest BCUT2D eigenvalue weighted by molar-refractivity contribution is -0.1000. The summed E-state index contributed by atoms with van der Waals surface area (Å²) in [4.78, 5) is 4.22. The molecule has 0 aliphatic heterocycles. The van der Waals surface area contributed by atoms with Gasteiger partial charge >= 0.3 is 0 Å². The first-order valence-electron chi connectivity index (χ1n) is 6.58. The molecule has 0 rings (SSSR count). The van der Waals surface area contributed by atoms with Crippen molar-refractivity contribution in [1.82, 2.24) is 0 Å². The molecular formula is C13H27NO5. The molecule has 4 atom stereocenters. The van der Waals surface area contributed by atoms with Crippen molar-refractivity contribution in [2.24, 2.45) is 16.8 Å². The van der Waals surface area contributed by atoms with Crippen LogP contribution in [0.25, 0.3) is 0 Å². The molecule has 0 unspecified atom stereocenters. The van der Waals surface area contributed by atoms with Gasteiger partial charge in [-0.25, -0.2) is 0 Å². The normalized spacial score (nSPS) is 19.4. The molecule has 0 aliphatic carbocycles. The molecule has 0 spiro atoms. The second kappa shape index (κ2) is 8.60. The number of aliphatic hydroxyl groups excluding tert-OH is 5. The molecule has 0 radical (unpaired) electrons. The summed E-state index contributed by atoms with van der Waals surface area (Å²) in [5.74, 6) is 0.571. The molecule has 0 heterocycles. The molecule has 6 nitrogen and oxygen atoms in total. The third kappa shape index (κ3) is 5.97. The van der Waals surface area contributed by atoms with Gasteiger partial charge in [-0.15, -0.1) is 0 Å². The van der Waals surface area contributed by atoms with Crippen LogP contribution in [0.1, 0.15) is 27.7 Å². The Labute approximate surface area is 114 Å². The van der Waals surface area contributed by atoms with Gasteiger partial charge in [0.1, 0.15) is 24.4 Å². The van der Waals surface area contributed by atoms with Crippen molar-refractivity contribution in [2.45, 2.75) is 58.2 Å². The van der Waals surface area contributed by atoms with E-state index < -0.39 is 31.0 Å². The van der Waals surface area contributed by atoms with Crippen molar-refractivity contribution in [1.29, 1.82) is 0 Å². The molecule has 0 bridgehead atoms. The number of rotatable bonds is 8. The third-order valence-electron chi connectivity index (χ3n) is 3.06. The van der Waals surface area contributed by atoms with Crippen LogP contribution in [0.5, 0.6) is 0 Å². The van der Waals surface area contributed by atoms with Gasteiger partial charge in [-0.3, -0.25) is 4.99 Å². The van der Waals surface area contributed by atoms with E-state index in [9.17, 15) is 20.4 Å². The molecular weight excluding hydrogens is 250 g/mol. The van der Waals surface area contributed by atoms with Gasteiger partial charge in [0.05, 0.1) is 12.6 Å². The number of aliphatic imine (C=N–C) groups is 1. The Morgan fingerprint density at radius 1 is 0.895 bits per heavy atom. The molecule has 0 fully saturated rings. The molecule has 0 aromatic carbocycles. The molecule has 0 aromatic rings. The third-order valence-corrected chi connectivity index (χ3v) is 3.06. The van der Waals surface area contributed by atoms with Gasteiger partial charge in [0.2, 0.25) is 0 Å². The molecule has 114 valence electrons. The highest BCUT2D eigenvalue weighted by Gasteiger charge is 2.29. The lowest BCUT2D eigenvalue weighted by atomic mass is 9.94. The summed E-state index contributed by atoms with van der Waals surface area (Å²) in [7, 11) is 0.